The van der Waals surface area contributed by atoms with Crippen LogP contribution in [0.3, 0.4) is 0 Å². The second-order valence-corrected chi connectivity index (χ2v) is 11.3. The fourth-order valence-electron chi connectivity index (χ4n) is 3.58. The topological polar surface area (TPSA) is 105 Å². The van der Waals surface area contributed by atoms with E-state index < -0.39 is 20.0 Å². The van der Waals surface area contributed by atoms with Crippen molar-refractivity contribution in [2.75, 3.05) is 32.8 Å². The van der Waals surface area contributed by atoms with Gasteiger partial charge in [-0.3, -0.25) is 4.90 Å². The summed E-state index contributed by atoms with van der Waals surface area (Å²) in [4.78, 5) is 2.31. The second-order valence-electron chi connectivity index (χ2n) is 7.79. The molecule has 1 heterocycles. The van der Waals surface area contributed by atoms with Crippen molar-refractivity contribution >= 4 is 20.0 Å². The maximum absolute atomic E-state index is 12.9. The molecule has 8 nitrogen and oxygen atoms in total. The van der Waals surface area contributed by atoms with Crippen molar-refractivity contribution in [1.29, 1.82) is 0 Å². The maximum atomic E-state index is 12.9. The second kappa shape index (κ2) is 9.35. The first-order chi connectivity index (χ1) is 14.9. The predicted octanol–water partition coefficient (Wildman–Crippen LogP) is 1.48. The molecule has 1 atom stereocenters. The van der Waals surface area contributed by atoms with E-state index in [9.17, 15) is 16.8 Å². The highest BCUT2D eigenvalue weighted by Gasteiger charge is 2.29. The van der Waals surface area contributed by atoms with Gasteiger partial charge in [0.25, 0.3) is 0 Å². The fourth-order valence-corrected chi connectivity index (χ4v) is 5.92. The van der Waals surface area contributed by atoms with Crippen LogP contribution in [0.2, 0.25) is 0 Å². The van der Waals surface area contributed by atoms with E-state index in [2.05, 4.69) is 14.3 Å². The van der Waals surface area contributed by atoms with Gasteiger partial charge in [0.15, 0.2) is 0 Å². The molecule has 2 fully saturated rings. The van der Waals surface area contributed by atoms with Gasteiger partial charge in [-0.05, 0) is 42.7 Å². The van der Waals surface area contributed by atoms with Gasteiger partial charge in [0, 0.05) is 31.7 Å². The summed E-state index contributed by atoms with van der Waals surface area (Å²) in [5, 5.41) is 0. The SMILES string of the molecule is O=S(=O)(NCC(c1ccccc1)N1CCOCC1)c1ccc(S(=O)(=O)NC2CC2)cc1. The first kappa shape index (κ1) is 22.4. The maximum Gasteiger partial charge on any atom is 0.240 e. The summed E-state index contributed by atoms with van der Waals surface area (Å²) in [5.41, 5.74) is 1.03. The highest BCUT2D eigenvalue weighted by Crippen LogP contribution is 2.24. The van der Waals surface area contributed by atoms with Gasteiger partial charge in [0.05, 0.1) is 23.0 Å². The van der Waals surface area contributed by atoms with Crippen LogP contribution in [0.1, 0.15) is 24.4 Å². The van der Waals surface area contributed by atoms with Crippen LogP contribution >= 0.6 is 0 Å². The zero-order chi connectivity index (χ0) is 21.9. The molecular weight excluding hydrogens is 438 g/mol. The lowest BCUT2D eigenvalue weighted by molar-refractivity contribution is 0.0172. The number of rotatable bonds is 9. The molecule has 0 bridgehead atoms. The van der Waals surface area contributed by atoms with E-state index in [0.717, 1.165) is 31.5 Å². The highest BCUT2D eigenvalue weighted by molar-refractivity contribution is 7.90. The van der Waals surface area contributed by atoms with Crippen LogP contribution in [-0.2, 0) is 24.8 Å². The third-order valence-corrected chi connectivity index (χ3v) is 8.46. The number of benzene rings is 2. The lowest BCUT2D eigenvalue weighted by Crippen LogP contribution is -2.43. The molecule has 31 heavy (non-hydrogen) atoms. The van der Waals surface area contributed by atoms with Gasteiger partial charge in [-0.2, -0.15) is 0 Å². The van der Waals surface area contributed by atoms with Gasteiger partial charge in [-0.25, -0.2) is 26.3 Å². The van der Waals surface area contributed by atoms with E-state index >= 15 is 0 Å². The smallest absolute Gasteiger partial charge is 0.240 e. The number of hydrogen-bond acceptors (Lipinski definition) is 6. The van der Waals surface area contributed by atoms with E-state index in [4.69, 9.17) is 4.74 Å². The third-order valence-electron chi connectivity index (χ3n) is 5.48. The van der Waals surface area contributed by atoms with Crippen molar-refractivity contribution < 1.29 is 21.6 Å². The monoisotopic (exact) mass is 465 g/mol. The predicted molar refractivity (Wildman–Crippen MR) is 117 cm³/mol. The van der Waals surface area contributed by atoms with Gasteiger partial charge in [-0.15, -0.1) is 0 Å². The van der Waals surface area contributed by atoms with Crippen LogP contribution in [-0.4, -0.2) is 60.6 Å². The zero-order valence-electron chi connectivity index (χ0n) is 17.1. The molecule has 4 rings (SSSR count). The molecule has 0 aromatic heterocycles. The molecule has 10 heteroatoms. The minimum atomic E-state index is -3.80. The molecule has 2 aromatic rings. The van der Waals surface area contributed by atoms with Crippen LogP contribution in [0.15, 0.2) is 64.4 Å². The number of hydrogen-bond donors (Lipinski definition) is 2. The first-order valence-electron chi connectivity index (χ1n) is 10.3. The molecule has 2 N–H and O–H groups in total. The lowest BCUT2D eigenvalue weighted by atomic mass is 10.1. The van der Waals surface area contributed by atoms with Crippen LogP contribution in [0.5, 0.6) is 0 Å². The van der Waals surface area contributed by atoms with E-state index in [0.29, 0.717) is 13.2 Å². The third kappa shape index (κ3) is 5.71. The Morgan fingerprint density at radius 1 is 0.871 bits per heavy atom. The lowest BCUT2D eigenvalue weighted by Gasteiger charge is -2.34. The molecule has 0 radical (unpaired) electrons. The Bertz CT molecular complexity index is 1080. The number of morpholine rings is 1. The average molecular weight is 466 g/mol. The van der Waals surface area contributed by atoms with Crippen LogP contribution in [0.4, 0.5) is 0 Å². The molecule has 2 aliphatic rings. The van der Waals surface area contributed by atoms with E-state index in [-0.39, 0.29) is 28.4 Å². The normalized spacial score (nSPS) is 19.2. The van der Waals surface area contributed by atoms with Gasteiger partial charge in [-0.1, -0.05) is 30.3 Å². The van der Waals surface area contributed by atoms with E-state index in [1.54, 1.807) is 0 Å². The minimum Gasteiger partial charge on any atom is -0.379 e. The zero-order valence-corrected chi connectivity index (χ0v) is 18.7. The molecule has 0 spiro atoms. The summed E-state index contributed by atoms with van der Waals surface area (Å²) in [6.07, 6.45) is 1.67. The Morgan fingerprint density at radius 3 is 2.03 bits per heavy atom. The molecule has 1 saturated carbocycles. The van der Waals surface area contributed by atoms with E-state index in [1.165, 1.54) is 24.3 Å². The fraction of sp³-hybridized carbons (Fsp3) is 0.429. The quantitative estimate of drug-likeness (QED) is 0.581. The molecule has 1 aliphatic heterocycles. The summed E-state index contributed by atoms with van der Waals surface area (Å²) < 4.78 is 61.1. The van der Waals surface area contributed by atoms with Crippen molar-refractivity contribution in [3.63, 3.8) is 0 Å². The number of sulfonamides is 2. The van der Waals surface area contributed by atoms with Crippen LogP contribution in [0, 0.1) is 0 Å². The van der Waals surface area contributed by atoms with Crippen molar-refractivity contribution in [2.24, 2.45) is 0 Å². The Morgan fingerprint density at radius 2 is 1.45 bits per heavy atom. The highest BCUT2D eigenvalue weighted by atomic mass is 32.2. The summed E-state index contributed by atoms with van der Waals surface area (Å²) in [5.74, 6) is 0. The summed E-state index contributed by atoms with van der Waals surface area (Å²) in [6, 6.07) is 15.0. The number of nitrogens with zero attached hydrogens (tertiary/aromatic N) is 1. The van der Waals surface area contributed by atoms with Gasteiger partial charge < -0.3 is 4.74 Å². The van der Waals surface area contributed by atoms with Crippen molar-refractivity contribution in [1.82, 2.24) is 14.3 Å². The molecule has 1 aliphatic carbocycles. The van der Waals surface area contributed by atoms with Crippen molar-refractivity contribution in [2.45, 2.75) is 34.7 Å². The molecule has 1 unspecified atom stereocenters. The van der Waals surface area contributed by atoms with Crippen molar-refractivity contribution in [3.8, 4) is 0 Å². The first-order valence-corrected chi connectivity index (χ1v) is 13.3. The van der Waals surface area contributed by atoms with Crippen LogP contribution in [0.25, 0.3) is 0 Å². The van der Waals surface area contributed by atoms with Gasteiger partial charge in [0.1, 0.15) is 0 Å². The standard InChI is InChI=1S/C21H27N3O5S2/c25-30(26,19-8-10-20(11-9-19)31(27,28)23-18-6-7-18)22-16-21(17-4-2-1-3-5-17)24-12-14-29-15-13-24/h1-5,8-11,18,21-23H,6-7,12-16H2. The Labute approximate surface area is 183 Å². The summed E-state index contributed by atoms with van der Waals surface area (Å²) in [6.45, 7) is 2.88. The Kier molecular flexibility index (Phi) is 6.75. The van der Waals surface area contributed by atoms with E-state index in [1.807, 2.05) is 30.3 Å². The van der Waals surface area contributed by atoms with Gasteiger partial charge >= 0.3 is 0 Å². The van der Waals surface area contributed by atoms with Gasteiger partial charge in [0.2, 0.25) is 20.0 Å². The summed E-state index contributed by atoms with van der Waals surface area (Å²) in [7, 11) is -7.42. The molecule has 0 amide bonds. The largest absolute Gasteiger partial charge is 0.379 e. The Hall–Kier alpha value is -1.82. The number of nitrogens with one attached hydrogen (secondary N) is 2. The molecule has 1 saturated heterocycles. The molecule has 168 valence electrons. The average Bonchev–Trinajstić information content (AvgIpc) is 3.59. The number of ether oxygens (including phenoxy) is 1. The molecule has 2 aromatic carbocycles. The summed E-state index contributed by atoms with van der Waals surface area (Å²) >= 11 is 0. The van der Waals surface area contributed by atoms with Crippen molar-refractivity contribution in [3.05, 3.63) is 60.2 Å². The van der Waals surface area contributed by atoms with Crippen LogP contribution < -0.4 is 9.44 Å². The molecular formula is C21H27N3O5S2. The Balaban J connectivity index is 1.47. The minimum absolute atomic E-state index is 0.00909.